The van der Waals surface area contributed by atoms with Crippen molar-refractivity contribution >= 4 is 29.5 Å². The molecule has 7 heteroatoms. The predicted molar refractivity (Wildman–Crippen MR) is 91.0 cm³/mol. The number of carbonyl (C=O) groups excluding carboxylic acids is 3. The lowest BCUT2D eigenvalue weighted by Gasteiger charge is -2.15. The number of ether oxygens (including phenoxy) is 1. The van der Waals surface area contributed by atoms with Crippen molar-refractivity contribution < 1.29 is 24.9 Å². The molecule has 1 aromatic carbocycles. The molecule has 0 aromatic heterocycles. The minimum Gasteiger partial charge on any atom is -0.462 e. The van der Waals surface area contributed by atoms with E-state index in [0.29, 0.717) is 25.3 Å². The van der Waals surface area contributed by atoms with Gasteiger partial charge in [0.15, 0.2) is 6.04 Å². The van der Waals surface area contributed by atoms with E-state index in [-0.39, 0.29) is 24.2 Å². The number of likely N-dealkylation sites (tertiary alicyclic amines) is 1. The van der Waals surface area contributed by atoms with Crippen LogP contribution in [0.3, 0.4) is 0 Å². The minimum atomic E-state index is -0.531. The molecule has 0 saturated carbocycles. The van der Waals surface area contributed by atoms with E-state index in [0.717, 1.165) is 5.56 Å². The Bertz CT molecular complexity index is 594. The number of imide groups is 1. The highest BCUT2D eigenvalue weighted by molar-refractivity contribution is 8.00. The van der Waals surface area contributed by atoms with Gasteiger partial charge in [-0.2, -0.15) is 0 Å². The summed E-state index contributed by atoms with van der Waals surface area (Å²) in [6.45, 7) is 2.44. The van der Waals surface area contributed by atoms with E-state index in [1.54, 1.807) is 6.92 Å². The maximum atomic E-state index is 12.4. The summed E-state index contributed by atoms with van der Waals surface area (Å²) in [5.41, 5.74) is 4.84. The van der Waals surface area contributed by atoms with Crippen LogP contribution in [0, 0.1) is 0 Å². The molecule has 3 N–H and O–H groups in total. The average molecular weight is 351 g/mol. The summed E-state index contributed by atoms with van der Waals surface area (Å²) in [5.74, 6) is -0.320. The first-order valence-electron chi connectivity index (χ1n) is 8.02. The maximum Gasteiger partial charge on any atom is 0.365 e. The van der Waals surface area contributed by atoms with Gasteiger partial charge in [0.05, 0.1) is 17.6 Å². The van der Waals surface area contributed by atoms with Crippen LogP contribution < -0.4 is 5.73 Å². The Morgan fingerprint density at radius 1 is 1.38 bits per heavy atom. The summed E-state index contributed by atoms with van der Waals surface area (Å²) in [7, 11) is 0. The summed E-state index contributed by atoms with van der Waals surface area (Å²) >= 11 is 1.31. The van der Waals surface area contributed by atoms with Gasteiger partial charge in [0.1, 0.15) is 0 Å². The van der Waals surface area contributed by atoms with Crippen molar-refractivity contribution in [1.29, 1.82) is 0 Å². The first-order valence-corrected chi connectivity index (χ1v) is 9.07. The van der Waals surface area contributed by atoms with E-state index < -0.39 is 11.3 Å². The highest BCUT2D eigenvalue weighted by Gasteiger charge is 2.39. The second-order valence-corrected chi connectivity index (χ2v) is 6.83. The molecule has 1 heterocycles. The van der Waals surface area contributed by atoms with E-state index in [1.165, 1.54) is 16.7 Å². The Hall–Kier alpha value is -1.86. The molecule has 0 aliphatic carbocycles. The fourth-order valence-corrected chi connectivity index (χ4v) is 3.59. The Balaban J connectivity index is 1.83. The van der Waals surface area contributed by atoms with Crippen LogP contribution in [0.2, 0.25) is 0 Å². The molecule has 1 fully saturated rings. The number of amides is 2. The number of hydrogen-bond acceptors (Lipinski definition) is 5. The van der Waals surface area contributed by atoms with E-state index in [2.05, 4.69) is 5.73 Å². The molecule has 1 aliphatic rings. The predicted octanol–water partition coefficient (Wildman–Crippen LogP) is 0.263. The van der Waals surface area contributed by atoms with Gasteiger partial charge in [-0.15, -0.1) is 11.8 Å². The van der Waals surface area contributed by atoms with Crippen molar-refractivity contribution in [3.05, 3.63) is 35.9 Å². The van der Waals surface area contributed by atoms with Gasteiger partial charge in [-0.25, -0.2) is 4.79 Å². The molecular weight excluding hydrogens is 328 g/mol. The zero-order valence-electron chi connectivity index (χ0n) is 13.8. The van der Waals surface area contributed by atoms with Crippen LogP contribution in [0.15, 0.2) is 30.3 Å². The van der Waals surface area contributed by atoms with Crippen LogP contribution in [0.1, 0.15) is 18.9 Å². The van der Waals surface area contributed by atoms with Crippen molar-refractivity contribution in [3.8, 4) is 0 Å². The third-order valence-electron chi connectivity index (χ3n) is 3.79. The Labute approximate surface area is 145 Å². The topological polar surface area (TPSA) is 91.3 Å². The van der Waals surface area contributed by atoms with Crippen LogP contribution in [-0.2, 0) is 25.5 Å². The molecule has 2 rings (SSSR count). The quantitative estimate of drug-likeness (QED) is 0.536. The summed E-state index contributed by atoms with van der Waals surface area (Å²) in [6.07, 6.45) is 0.838. The standard InChI is InChI=1S/C17H22N2O4S/c1-2-23-17(22)13(18)11-24-14-10-15(20)19(16(14)21)9-8-12-6-4-3-5-7-12/h3-7,13-14H,2,8-11,18H2,1H3/p+1/t13-,14-/m0/s1. The van der Waals surface area contributed by atoms with E-state index in [4.69, 9.17) is 4.74 Å². The second kappa shape index (κ2) is 8.84. The van der Waals surface area contributed by atoms with Gasteiger partial charge >= 0.3 is 5.97 Å². The fourth-order valence-electron chi connectivity index (χ4n) is 2.46. The molecule has 1 saturated heterocycles. The molecule has 0 unspecified atom stereocenters. The number of rotatable bonds is 8. The molecule has 0 bridgehead atoms. The first-order chi connectivity index (χ1) is 11.5. The number of hydrogen-bond donors (Lipinski definition) is 1. The molecule has 0 spiro atoms. The Morgan fingerprint density at radius 2 is 2.08 bits per heavy atom. The summed E-state index contributed by atoms with van der Waals surface area (Å²) in [4.78, 5) is 37.4. The third kappa shape index (κ3) is 4.82. The lowest BCUT2D eigenvalue weighted by Crippen LogP contribution is -2.66. The van der Waals surface area contributed by atoms with Crippen molar-refractivity contribution in [1.82, 2.24) is 4.90 Å². The molecule has 1 aromatic rings. The van der Waals surface area contributed by atoms with Crippen molar-refractivity contribution in [2.75, 3.05) is 18.9 Å². The van der Waals surface area contributed by atoms with Crippen LogP contribution in [0.4, 0.5) is 0 Å². The van der Waals surface area contributed by atoms with E-state index in [9.17, 15) is 14.4 Å². The van der Waals surface area contributed by atoms with Crippen LogP contribution >= 0.6 is 11.8 Å². The normalized spacial score (nSPS) is 18.8. The van der Waals surface area contributed by atoms with Gasteiger partial charge in [-0.1, -0.05) is 30.3 Å². The average Bonchev–Trinajstić information content (AvgIpc) is 2.85. The summed E-state index contributed by atoms with van der Waals surface area (Å²) in [6, 6.07) is 9.22. The van der Waals surface area contributed by atoms with Crippen LogP contribution in [0.5, 0.6) is 0 Å². The molecule has 1 aliphatic heterocycles. The molecule has 0 radical (unpaired) electrons. The number of thioether (sulfide) groups is 1. The second-order valence-electron chi connectivity index (χ2n) is 5.59. The lowest BCUT2D eigenvalue weighted by atomic mass is 10.1. The van der Waals surface area contributed by atoms with E-state index in [1.807, 2.05) is 30.3 Å². The van der Waals surface area contributed by atoms with Gasteiger partial charge in [0.2, 0.25) is 11.8 Å². The largest absolute Gasteiger partial charge is 0.462 e. The summed E-state index contributed by atoms with van der Waals surface area (Å²) < 4.78 is 4.90. The monoisotopic (exact) mass is 351 g/mol. The molecular formula is C17H23N2O4S+. The maximum absolute atomic E-state index is 12.4. The third-order valence-corrected chi connectivity index (χ3v) is 5.15. The zero-order valence-corrected chi connectivity index (χ0v) is 14.6. The van der Waals surface area contributed by atoms with Crippen molar-refractivity contribution in [2.24, 2.45) is 0 Å². The Kier molecular flexibility index (Phi) is 6.81. The van der Waals surface area contributed by atoms with Crippen molar-refractivity contribution in [2.45, 2.75) is 31.1 Å². The van der Waals surface area contributed by atoms with Crippen molar-refractivity contribution in [3.63, 3.8) is 0 Å². The van der Waals surface area contributed by atoms with Gasteiger partial charge in [0.25, 0.3) is 0 Å². The van der Waals surface area contributed by atoms with Crippen LogP contribution in [-0.4, -0.2) is 52.9 Å². The lowest BCUT2D eigenvalue weighted by molar-refractivity contribution is -0.401. The van der Waals surface area contributed by atoms with Gasteiger partial charge in [-0.3, -0.25) is 14.5 Å². The minimum absolute atomic E-state index is 0.148. The number of nitrogens with zero attached hydrogens (tertiary/aromatic N) is 1. The zero-order chi connectivity index (χ0) is 17.5. The number of esters is 1. The van der Waals surface area contributed by atoms with Gasteiger partial charge in [-0.05, 0) is 18.9 Å². The SMILES string of the molecule is CCOC(=O)[C@@H]([NH3+])CS[C@H]1CC(=O)N(CCc2ccccc2)C1=O. The molecule has 6 nitrogen and oxygen atoms in total. The molecule has 2 amide bonds. The highest BCUT2D eigenvalue weighted by atomic mass is 32.2. The first kappa shape index (κ1) is 18.5. The van der Waals surface area contributed by atoms with Gasteiger partial charge in [0, 0.05) is 13.0 Å². The number of benzene rings is 1. The molecule has 24 heavy (non-hydrogen) atoms. The Morgan fingerprint density at radius 3 is 2.75 bits per heavy atom. The van der Waals surface area contributed by atoms with E-state index >= 15 is 0 Å². The number of carbonyl (C=O) groups is 3. The molecule has 130 valence electrons. The highest BCUT2D eigenvalue weighted by Crippen LogP contribution is 2.25. The fraction of sp³-hybridized carbons (Fsp3) is 0.471. The smallest absolute Gasteiger partial charge is 0.365 e. The number of quaternary nitrogens is 1. The van der Waals surface area contributed by atoms with Crippen LogP contribution in [0.25, 0.3) is 0 Å². The van der Waals surface area contributed by atoms with Gasteiger partial charge < -0.3 is 10.5 Å². The summed E-state index contributed by atoms with van der Waals surface area (Å²) in [5, 5.41) is -0.424. The molecule has 2 atom stereocenters.